The van der Waals surface area contributed by atoms with Crippen LogP contribution in [0.5, 0.6) is 0 Å². The molecular weight excluding hydrogens is 419 g/mol. The number of nitrogens with one attached hydrogen (secondary N) is 1. The molecule has 1 fully saturated rings. The smallest absolute Gasteiger partial charge is 0.416 e. The van der Waals surface area contributed by atoms with Crippen molar-refractivity contribution >= 4 is 23.4 Å². The second-order valence-corrected chi connectivity index (χ2v) is 7.89. The van der Waals surface area contributed by atoms with Crippen molar-refractivity contribution in [3.05, 3.63) is 58.1 Å². The van der Waals surface area contributed by atoms with Gasteiger partial charge in [-0.2, -0.15) is 13.2 Å². The summed E-state index contributed by atoms with van der Waals surface area (Å²) in [5, 5.41) is 12.4. The van der Waals surface area contributed by atoms with E-state index in [1.165, 1.54) is 12.1 Å². The largest absolute Gasteiger partial charge is 0.481 e. The third kappa shape index (κ3) is 6.06. The van der Waals surface area contributed by atoms with E-state index in [1.54, 1.807) is 12.1 Å². The van der Waals surface area contributed by atoms with E-state index < -0.39 is 17.7 Å². The molecule has 0 saturated heterocycles. The standard InChI is InChI=1S/C22H21ClF3NO3/c23-18-8-13(9-21(29)30)7-15(11-18)19-4-3-17(22(24,25)26)10-16(19)12-27-6-5-20(28)14-1-2-14/h3-4,7-8,10-11,14,27H,1-2,5-6,9,12H2,(H,29,30). The van der Waals surface area contributed by atoms with Crippen LogP contribution >= 0.6 is 11.6 Å². The first kappa shape index (κ1) is 22.3. The number of hydrogen-bond acceptors (Lipinski definition) is 3. The summed E-state index contributed by atoms with van der Waals surface area (Å²) in [6.07, 6.45) is -2.55. The second-order valence-electron chi connectivity index (χ2n) is 7.46. The number of carbonyl (C=O) groups is 2. The highest BCUT2D eigenvalue weighted by Crippen LogP contribution is 2.35. The normalized spacial score (nSPS) is 14.0. The van der Waals surface area contributed by atoms with Crippen LogP contribution in [0.1, 0.15) is 36.0 Å². The van der Waals surface area contributed by atoms with Gasteiger partial charge >= 0.3 is 12.1 Å². The minimum atomic E-state index is -4.49. The number of benzene rings is 2. The van der Waals surface area contributed by atoms with Gasteiger partial charge in [0.25, 0.3) is 0 Å². The molecule has 8 heteroatoms. The molecule has 0 atom stereocenters. The van der Waals surface area contributed by atoms with Crippen molar-refractivity contribution in [2.24, 2.45) is 5.92 Å². The van der Waals surface area contributed by atoms with Crippen molar-refractivity contribution < 1.29 is 27.9 Å². The molecule has 2 aromatic carbocycles. The third-order valence-corrected chi connectivity index (χ3v) is 5.17. The number of carboxylic acid groups (broad SMARTS) is 1. The number of ketones is 1. The van der Waals surface area contributed by atoms with Crippen LogP contribution in [0.25, 0.3) is 11.1 Å². The van der Waals surface area contributed by atoms with Crippen LogP contribution in [0.4, 0.5) is 13.2 Å². The topological polar surface area (TPSA) is 66.4 Å². The van der Waals surface area contributed by atoms with Crippen LogP contribution in [0.15, 0.2) is 36.4 Å². The van der Waals surface area contributed by atoms with Crippen molar-refractivity contribution in [2.75, 3.05) is 6.54 Å². The van der Waals surface area contributed by atoms with Gasteiger partial charge in [0.05, 0.1) is 12.0 Å². The Kier molecular flexibility index (Phi) is 6.83. The Morgan fingerprint density at radius 1 is 1.13 bits per heavy atom. The van der Waals surface area contributed by atoms with Crippen molar-refractivity contribution in [1.29, 1.82) is 0 Å². The van der Waals surface area contributed by atoms with Gasteiger partial charge in [-0.3, -0.25) is 9.59 Å². The molecule has 1 aliphatic carbocycles. The van der Waals surface area contributed by atoms with Gasteiger partial charge in [-0.15, -0.1) is 0 Å². The maximum Gasteiger partial charge on any atom is 0.416 e. The van der Waals surface area contributed by atoms with Crippen molar-refractivity contribution in [3.63, 3.8) is 0 Å². The maximum atomic E-state index is 13.2. The Morgan fingerprint density at radius 3 is 2.50 bits per heavy atom. The minimum Gasteiger partial charge on any atom is -0.481 e. The molecule has 0 amide bonds. The molecule has 160 valence electrons. The molecule has 0 aliphatic heterocycles. The lowest BCUT2D eigenvalue weighted by atomic mass is 9.95. The summed E-state index contributed by atoms with van der Waals surface area (Å²) in [6, 6.07) is 8.16. The van der Waals surface area contributed by atoms with E-state index in [0.717, 1.165) is 25.0 Å². The van der Waals surface area contributed by atoms with E-state index >= 15 is 0 Å². The number of carboxylic acids is 1. The molecule has 0 heterocycles. The minimum absolute atomic E-state index is 0.137. The average Bonchev–Trinajstić information content (AvgIpc) is 3.48. The van der Waals surface area contributed by atoms with Crippen molar-refractivity contribution in [2.45, 2.75) is 38.4 Å². The van der Waals surface area contributed by atoms with Crippen LogP contribution in [0.3, 0.4) is 0 Å². The number of Topliss-reactive ketones (excluding diaryl/α,β-unsaturated/α-hetero) is 1. The predicted molar refractivity (Wildman–Crippen MR) is 107 cm³/mol. The molecule has 0 unspecified atom stereocenters. The van der Waals surface area contributed by atoms with Gasteiger partial charge in [-0.25, -0.2) is 0 Å². The summed E-state index contributed by atoms with van der Waals surface area (Å²) in [7, 11) is 0. The van der Waals surface area contributed by atoms with Crippen LogP contribution in [0.2, 0.25) is 5.02 Å². The molecule has 2 aromatic rings. The van der Waals surface area contributed by atoms with Crippen molar-refractivity contribution in [1.82, 2.24) is 5.32 Å². The Bertz CT molecular complexity index is 955. The number of aliphatic carboxylic acids is 1. The second kappa shape index (κ2) is 9.18. The molecule has 30 heavy (non-hydrogen) atoms. The summed E-state index contributed by atoms with van der Waals surface area (Å²) in [4.78, 5) is 22.8. The fourth-order valence-corrected chi connectivity index (χ4v) is 3.58. The van der Waals surface area contributed by atoms with E-state index in [0.29, 0.717) is 40.2 Å². The Morgan fingerprint density at radius 2 is 1.87 bits per heavy atom. The van der Waals surface area contributed by atoms with Gasteiger partial charge in [0, 0.05) is 30.5 Å². The lowest BCUT2D eigenvalue weighted by Crippen LogP contribution is -2.19. The zero-order valence-electron chi connectivity index (χ0n) is 16.1. The summed E-state index contributed by atoms with van der Waals surface area (Å²) in [5.74, 6) is -0.701. The average molecular weight is 440 g/mol. The molecule has 1 aliphatic rings. The van der Waals surface area contributed by atoms with Crippen LogP contribution in [0, 0.1) is 5.92 Å². The zero-order valence-corrected chi connectivity index (χ0v) is 16.8. The molecule has 0 radical (unpaired) electrons. The summed E-state index contributed by atoms with van der Waals surface area (Å²) in [5.41, 5.74) is 1.15. The summed E-state index contributed by atoms with van der Waals surface area (Å²) >= 11 is 6.11. The molecule has 2 N–H and O–H groups in total. The van der Waals surface area contributed by atoms with Crippen molar-refractivity contribution in [3.8, 4) is 11.1 Å². The fraction of sp³-hybridized carbons (Fsp3) is 0.364. The maximum absolute atomic E-state index is 13.2. The molecule has 1 saturated carbocycles. The third-order valence-electron chi connectivity index (χ3n) is 4.95. The van der Waals surface area contributed by atoms with Crippen LogP contribution < -0.4 is 5.32 Å². The number of carbonyl (C=O) groups excluding carboxylic acids is 1. The Labute approximate surface area is 177 Å². The van der Waals surface area contributed by atoms with Gasteiger partial charge in [0.15, 0.2) is 0 Å². The molecule has 0 aromatic heterocycles. The quantitative estimate of drug-likeness (QED) is 0.533. The number of halogens is 4. The van der Waals surface area contributed by atoms with E-state index in [4.69, 9.17) is 16.7 Å². The number of alkyl halides is 3. The molecule has 3 rings (SSSR count). The summed E-state index contributed by atoms with van der Waals surface area (Å²) < 4.78 is 39.6. The van der Waals surface area contributed by atoms with Gasteiger partial charge in [-0.1, -0.05) is 23.7 Å². The van der Waals surface area contributed by atoms with Gasteiger partial charge < -0.3 is 10.4 Å². The monoisotopic (exact) mass is 439 g/mol. The van der Waals surface area contributed by atoms with Crippen LogP contribution in [-0.4, -0.2) is 23.4 Å². The Balaban J connectivity index is 1.86. The lowest BCUT2D eigenvalue weighted by molar-refractivity contribution is -0.138. The lowest BCUT2D eigenvalue weighted by Gasteiger charge is -2.16. The number of hydrogen-bond donors (Lipinski definition) is 2. The van der Waals surface area contributed by atoms with Gasteiger partial charge in [-0.05, 0) is 59.4 Å². The molecule has 4 nitrogen and oxygen atoms in total. The van der Waals surface area contributed by atoms with E-state index in [9.17, 15) is 22.8 Å². The van der Waals surface area contributed by atoms with E-state index in [-0.39, 0.29) is 24.7 Å². The summed E-state index contributed by atoms with van der Waals surface area (Å²) in [6.45, 7) is 0.517. The molecular formula is C22H21ClF3NO3. The first-order valence-corrected chi connectivity index (χ1v) is 9.96. The molecule has 0 bridgehead atoms. The van der Waals surface area contributed by atoms with Gasteiger partial charge in [0.2, 0.25) is 0 Å². The number of rotatable bonds is 9. The highest BCUT2D eigenvalue weighted by atomic mass is 35.5. The van der Waals surface area contributed by atoms with E-state index in [2.05, 4.69) is 5.32 Å². The van der Waals surface area contributed by atoms with E-state index in [1.807, 2.05) is 0 Å². The fourth-order valence-electron chi connectivity index (χ4n) is 3.32. The first-order chi connectivity index (χ1) is 14.1. The first-order valence-electron chi connectivity index (χ1n) is 9.58. The Hall–Kier alpha value is -2.38. The molecule has 0 spiro atoms. The predicted octanol–water partition coefficient (Wildman–Crippen LogP) is 5.11. The highest BCUT2D eigenvalue weighted by Gasteiger charge is 2.31. The zero-order chi connectivity index (χ0) is 21.9. The van der Waals surface area contributed by atoms with Gasteiger partial charge in [0.1, 0.15) is 5.78 Å². The SMILES string of the molecule is O=C(O)Cc1cc(Cl)cc(-c2ccc(C(F)(F)F)cc2CNCCC(=O)C2CC2)c1. The van der Waals surface area contributed by atoms with Crippen LogP contribution in [-0.2, 0) is 28.7 Å². The highest BCUT2D eigenvalue weighted by molar-refractivity contribution is 6.31.